The Labute approximate surface area is 73.8 Å². The summed E-state index contributed by atoms with van der Waals surface area (Å²) >= 11 is 0. The number of nitrogens with zero attached hydrogens (tertiary/aromatic N) is 1. The zero-order valence-corrected chi connectivity index (χ0v) is 6.77. The third-order valence-electron chi connectivity index (χ3n) is 1.85. The molecule has 0 spiro atoms. The van der Waals surface area contributed by atoms with Crippen LogP contribution in [-0.2, 0) is 14.4 Å². The predicted octanol–water partition coefficient (Wildman–Crippen LogP) is -1.77. The number of carbonyl (C=O) groups excluding carboxylic acids is 2. The van der Waals surface area contributed by atoms with Gasteiger partial charge in [0.15, 0.2) is 11.8 Å². The number of carbonyl (C=O) groups is 3. The number of carboxylic acid groups (broad SMARTS) is 1. The van der Waals surface area contributed by atoms with Crippen LogP contribution in [0.25, 0.3) is 0 Å². The van der Waals surface area contributed by atoms with Gasteiger partial charge in [0, 0.05) is 0 Å². The predicted molar refractivity (Wildman–Crippen MR) is 39.8 cm³/mol. The summed E-state index contributed by atoms with van der Waals surface area (Å²) in [5.41, 5.74) is 0. The zero-order valence-electron chi connectivity index (χ0n) is 6.77. The summed E-state index contributed by atoms with van der Waals surface area (Å²) < 4.78 is 0. The Morgan fingerprint density at radius 1 is 1.54 bits per heavy atom. The van der Waals surface area contributed by atoms with E-state index in [2.05, 4.69) is 0 Å². The molecule has 0 aromatic carbocycles. The number of aliphatic carboxylic acids is 1. The second kappa shape index (κ2) is 3.53. The molecule has 6 nitrogen and oxygen atoms in total. The Kier molecular flexibility index (Phi) is 2.62. The number of carboxylic acids is 1. The van der Waals surface area contributed by atoms with Gasteiger partial charge in [0.25, 0.3) is 0 Å². The van der Waals surface area contributed by atoms with Crippen molar-refractivity contribution in [3.8, 4) is 0 Å². The van der Waals surface area contributed by atoms with Crippen molar-refractivity contribution < 1.29 is 24.6 Å². The molecular weight excluding hydrogens is 178 g/mol. The van der Waals surface area contributed by atoms with Crippen LogP contribution in [0.5, 0.6) is 0 Å². The van der Waals surface area contributed by atoms with Gasteiger partial charge in [-0.1, -0.05) is 0 Å². The molecule has 1 amide bonds. The highest BCUT2D eigenvalue weighted by Crippen LogP contribution is 2.10. The lowest BCUT2D eigenvalue weighted by molar-refractivity contribution is -0.149. The van der Waals surface area contributed by atoms with Crippen molar-refractivity contribution in [2.75, 3.05) is 13.2 Å². The minimum absolute atomic E-state index is 0.212. The first-order chi connectivity index (χ1) is 6.06. The topological polar surface area (TPSA) is 94.9 Å². The molecule has 6 heteroatoms. The third kappa shape index (κ3) is 1.83. The van der Waals surface area contributed by atoms with E-state index in [0.717, 1.165) is 4.90 Å². The summed E-state index contributed by atoms with van der Waals surface area (Å²) in [6.07, 6.45) is -0.260. The van der Waals surface area contributed by atoms with Crippen LogP contribution in [0.3, 0.4) is 0 Å². The van der Waals surface area contributed by atoms with Gasteiger partial charge in [0.2, 0.25) is 5.91 Å². The normalized spacial score (nSPS) is 19.3. The molecule has 0 bridgehead atoms. The molecule has 1 aliphatic rings. The molecule has 0 aromatic heterocycles. The fraction of sp³-hybridized carbons (Fsp3) is 0.571. The molecule has 13 heavy (non-hydrogen) atoms. The highest BCUT2D eigenvalue weighted by Gasteiger charge is 2.36. The lowest BCUT2D eigenvalue weighted by Gasteiger charge is -2.20. The summed E-state index contributed by atoms with van der Waals surface area (Å²) in [6.45, 7) is -0.884. The summed E-state index contributed by atoms with van der Waals surface area (Å²) in [5.74, 6) is -2.15. The van der Waals surface area contributed by atoms with Crippen molar-refractivity contribution >= 4 is 17.7 Å². The van der Waals surface area contributed by atoms with Gasteiger partial charge in [-0.05, 0) is 0 Å². The molecule has 0 radical (unpaired) electrons. The van der Waals surface area contributed by atoms with Crippen LogP contribution in [0.15, 0.2) is 0 Å². The van der Waals surface area contributed by atoms with E-state index in [1.165, 1.54) is 0 Å². The molecule has 0 aromatic rings. The average Bonchev–Trinajstić information content (AvgIpc) is 2.31. The summed E-state index contributed by atoms with van der Waals surface area (Å²) in [5, 5.41) is 17.2. The maximum atomic E-state index is 11.0. The molecule has 1 fully saturated rings. The summed E-state index contributed by atoms with van der Waals surface area (Å²) in [4.78, 5) is 33.2. The number of rotatable bonds is 3. The van der Waals surface area contributed by atoms with E-state index in [4.69, 9.17) is 10.2 Å². The maximum Gasteiger partial charge on any atom is 0.328 e. The highest BCUT2D eigenvalue weighted by atomic mass is 16.4. The molecule has 1 heterocycles. The van der Waals surface area contributed by atoms with E-state index in [1.807, 2.05) is 0 Å². The van der Waals surface area contributed by atoms with Crippen LogP contribution >= 0.6 is 0 Å². The van der Waals surface area contributed by atoms with Gasteiger partial charge in [-0.3, -0.25) is 9.59 Å². The van der Waals surface area contributed by atoms with E-state index in [-0.39, 0.29) is 18.7 Å². The molecule has 1 aliphatic heterocycles. The fourth-order valence-electron chi connectivity index (χ4n) is 1.20. The fourth-order valence-corrected chi connectivity index (χ4v) is 1.20. The molecular formula is C7H9NO5. The Morgan fingerprint density at radius 3 is 2.46 bits per heavy atom. The minimum atomic E-state index is -1.30. The standard InChI is InChI=1S/C7H9NO5/c9-3-5(7(12)13)8-2-4(10)1-6(8)11/h5,9H,1-3H2,(H,12,13)/t5-/m0/s1. The van der Waals surface area contributed by atoms with Crippen molar-refractivity contribution in [2.24, 2.45) is 0 Å². The van der Waals surface area contributed by atoms with Crippen LogP contribution in [0.1, 0.15) is 6.42 Å². The number of ketones is 1. The van der Waals surface area contributed by atoms with Gasteiger partial charge >= 0.3 is 5.97 Å². The monoisotopic (exact) mass is 187 g/mol. The molecule has 1 rings (SSSR count). The number of likely N-dealkylation sites (tertiary alicyclic amines) is 1. The van der Waals surface area contributed by atoms with Crippen molar-refractivity contribution in [2.45, 2.75) is 12.5 Å². The Hall–Kier alpha value is -1.43. The molecule has 0 unspecified atom stereocenters. The van der Waals surface area contributed by atoms with Crippen LogP contribution < -0.4 is 0 Å². The Morgan fingerprint density at radius 2 is 2.15 bits per heavy atom. The first-order valence-corrected chi connectivity index (χ1v) is 3.71. The average molecular weight is 187 g/mol. The molecule has 1 atom stereocenters. The summed E-state index contributed by atoms with van der Waals surface area (Å²) in [6, 6.07) is -1.29. The number of Topliss-reactive ketones (excluding diaryl/α,β-unsaturated/α-hetero) is 1. The maximum absolute atomic E-state index is 11.0. The first-order valence-electron chi connectivity index (χ1n) is 3.71. The number of amides is 1. The van der Waals surface area contributed by atoms with E-state index in [1.54, 1.807) is 0 Å². The van der Waals surface area contributed by atoms with Crippen LogP contribution in [0, 0.1) is 0 Å². The van der Waals surface area contributed by atoms with E-state index in [0.29, 0.717) is 0 Å². The SMILES string of the molecule is O=C1CC(=O)N([C@@H](CO)C(=O)O)C1. The quantitative estimate of drug-likeness (QED) is 0.510. The van der Waals surface area contributed by atoms with Crippen molar-refractivity contribution in [3.05, 3.63) is 0 Å². The van der Waals surface area contributed by atoms with Crippen LogP contribution in [-0.4, -0.2) is 52.0 Å². The van der Waals surface area contributed by atoms with E-state index in [9.17, 15) is 14.4 Å². The van der Waals surface area contributed by atoms with E-state index < -0.39 is 24.5 Å². The smallest absolute Gasteiger partial charge is 0.328 e. The molecule has 72 valence electrons. The number of aliphatic hydroxyl groups excluding tert-OH is 1. The van der Waals surface area contributed by atoms with Gasteiger partial charge in [-0.25, -0.2) is 4.79 Å². The van der Waals surface area contributed by atoms with Crippen molar-refractivity contribution in [1.29, 1.82) is 0 Å². The highest BCUT2D eigenvalue weighted by molar-refractivity contribution is 6.06. The molecule has 0 aliphatic carbocycles. The third-order valence-corrected chi connectivity index (χ3v) is 1.85. The van der Waals surface area contributed by atoms with Gasteiger partial charge in [0.1, 0.15) is 0 Å². The Bertz CT molecular complexity index is 262. The lowest BCUT2D eigenvalue weighted by Crippen LogP contribution is -2.44. The van der Waals surface area contributed by atoms with Crippen molar-refractivity contribution in [1.82, 2.24) is 4.90 Å². The summed E-state index contributed by atoms with van der Waals surface area (Å²) in [7, 11) is 0. The van der Waals surface area contributed by atoms with Gasteiger partial charge in [0.05, 0.1) is 19.6 Å². The van der Waals surface area contributed by atoms with Crippen LogP contribution in [0.2, 0.25) is 0 Å². The zero-order chi connectivity index (χ0) is 10.0. The second-order valence-corrected chi connectivity index (χ2v) is 2.77. The molecule has 2 N–H and O–H groups in total. The first kappa shape index (κ1) is 9.66. The second-order valence-electron chi connectivity index (χ2n) is 2.77. The molecule has 1 saturated heterocycles. The van der Waals surface area contributed by atoms with Gasteiger partial charge in [-0.2, -0.15) is 0 Å². The van der Waals surface area contributed by atoms with E-state index >= 15 is 0 Å². The molecule has 0 saturated carbocycles. The number of hydrogen-bond donors (Lipinski definition) is 2. The largest absolute Gasteiger partial charge is 0.480 e. The number of aliphatic hydroxyl groups is 1. The number of hydrogen-bond acceptors (Lipinski definition) is 4. The van der Waals surface area contributed by atoms with Gasteiger partial charge < -0.3 is 15.1 Å². The van der Waals surface area contributed by atoms with Gasteiger partial charge in [-0.15, -0.1) is 0 Å². The minimum Gasteiger partial charge on any atom is -0.480 e. The van der Waals surface area contributed by atoms with Crippen LogP contribution in [0.4, 0.5) is 0 Å². The Balaban J connectivity index is 2.75. The van der Waals surface area contributed by atoms with Crippen molar-refractivity contribution in [3.63, 3.8) is 0 Å². The lowest BCUT2D eigenvalue weighted by atomic mass is 10.3.